The lowest BCUT2D eigenvalue weighted by Gasteiger charge is -2.25. The summed E-state index contributed by atoms with van der Waals surface area (Å²) in [7, 11) is -3.70. The Morgan fingerprint density at radius 3 is 2.50 bits per heavy atom. The third kappa shape index (κ3) is 4.05. The summed E-state index contributed by atoms with van der Waals surface area (Å²) in [6, 6.07) is 6.30. The number of nitrogens with zero attached hydrogens (tertiary/aromatic N) is 1. The van der Waals surface area contributed by atoms with Crippen LogP contribution in [0.5, 0.6) is 0 Å². The third-order valence-corrected chi connectivity index (χ3v) is 4.78. The largest absolute Gasteiger partial charge is 0.465 e. The van der Waals surface area contributed by atoms with E-state index in [9.17, 15) is 13.2 Å². The Morgan fingerprint density at radius 1 is 1.35 bits per heavy atom. The van der Waals surface area contributed by atoms with Crippen LogP contribution < -0.4 is 0 Å². The second kappa shape index (κ2) is 6.85. The molecule has 6 heteroatoms. The van der Waals surface area contributed by atoms with Gasteiger partial charge in [-0.1, -0.05) is 12.1 Å². The van der Waals surface area contributed by atoms with Crippen LogP contribution in [0.1, 0.15) is 26.3 Å². The number of carbonyl (C=O) groups excluding carboxylic acids is 1. The molecule has 0 aromatic heterocycles. The van der Waals surface area contributed by atoms with Crippen molar-refractivity contribution in [3.63, 3.8) is 0 Å². The summed E-state index contributed by atoms with van der Waals surface area (Å²) in [4.78, 5) is 11.8. The molecule has 0 atom stereocenters. The van der Waals surface area contributed by atoms with E-state index >= 15 is 0 Å². The maximum Gasteiger partial charge on any atom is 0.321 e. The van der Waals surface area contributed by atoms with Crippen molar-refractivity contribution in [3.8, 4) is 0 Å². The van der Waals surface area contributed by atoms with Crippen molar-refractivity contribution in [2.75, 3.05) is 13.2 Å². The molecule has 5 nitrogen and oxygen atoms in total. The van der Waals surface area contributed by atoms with E-state index in [1.807, 2.05) is 13.0 Å². The monoisotopic (exact) mass is 299 g/mol. The zero-order chi connectivity index (χ0) is 15.3. The highest BCUT2D eigenvalue weighted by Gasteiger charge is 2.29. The van der Waals surface area contributed by atoms with Gasteiger partial charge in [0.25, 0.3) is 0 Å². The van der Waals surface area contributed by atoms with Crippen molar-refractivity contribution >= 4 is 16.0 Å². The van der Waals surface area contributed by atoms with E-state index in [0.29, 0.717) is 0 Å². The molecule has 0 bridgehead atoms. The zero-order valence-electron chi connectivity index (χ0n) is 12.3. The molecule has 0 aliphatic carbocycles. The summed E-state index contributed by atoms with van der Waals surface area (Å²) < 4.78 is 31.2. The van der Waals surface area contributed by atoms with E-state index in [0.717, 1.165) is 9.87 Å². The van der Waals surface area contributed by atoms with Crippen LogP contribution in [0.4, 0.5) is 0 Å². The number of esters is 1. The van der Waals surface area contributed by atoms with Gasteiger partial charge in [-0.3, -0.25) is 4.79 Å². The fourth-order valence-corrected chi connectivity index (χ4v) is 3.48. The number of aryl methyl sites for hydroxylation is 1. The van der Waals surface area contributed by atoms with Crippen molar-refractivity contribution < 1.29 is 17.9 Å². The maximum absolute atomic E-state index is 12.6. The van der Waals surface area contributed by atoms with E-state index in [-0.39, 0.29) is 24.1 Å². The number of hydrogen-bond donors (Lipinski definition) is 0. The van der Waals surface area contributed by atoms with Gasteiger partial charge in [0.2, 0.25) is 10.0 Å². The van der Waals surface area contributed by atoms with Gasteiger partial charge in [0.1, 0.15) is 6.54 Å². The number of ether oxygens (including phenoxy) is 1. The smallest absolute Gasteiger partial charge is 0.321 e. The van der Waals surface area contributed by atoms with Crippen LogP contribution in [0.15, 0.2) is 29.2 Å². The fourth-order valence-electron chi connectivity index (χ4n) is 1.79. The van der Waals surface area contributed by atoms with Gasteiger partial charge in [-0.15, -0.1) is 0 Å². The minimum atomic E-state index is -3.70. The normalized spacial score (nSPS) is 11.9. The molecule has 0 unspecified atom stereocenters. The van der Waals surface area contributed by atoms with E-state index in [1.165, 1.54) is 6.07 Å². The standard InChI is InChI=1S/C14H21NO4S/c1-5-19-14(16)10-15(11(2)3)20(17,18)13-8-6-7-12(4)9-13/h6-9,11H,5,10H2,1-4H3. The number of benzene rings is 1. The van der Waals surface area contributed by atoms with Crippen molar-refractivity contribution in [3.05, 3.63) is 29.8 Å². The SMILES string of the molecule is CCOC(=O)CN(C(C)C)S(=O)(=O)c1cccc(C)c1. The van der Waals surface area contributed by atoms with Crippen molar-refractivity contribution in [1.82, 2.24) is 4.31 Å². The Kier molecular flexibility index (Phi) is 5.71. The molecule has 0 saturated carbocycles. The number of rotatable bonds is 6. The highest BCUT2D eigenvalue weighted by atomic mass is 32.2. The van der Waals surface area contributed by atoms with Gasteiger partial charge in [-0.2, -0.15) is 4.31 Å². The first-order valence-electron chi connectivity index (χ1n) is 6.53. The lowest BCUT2D eigenvalue weighted by Crippen LogP contribution is -2.41. The fraction of sp³-hybridized carbons (Fsp3) is 0.500. The van der Waals surface area contributed by atoms with Crippen LogP contribution in [0.3, 0.4) is 0 Å². The van der Waals surface area contributed by atoms with Gasteiger partial charge in [-0.25, -0.2) is 8.42 Å². The molecule has 0 amide bonds. The summed E-state index contributed by atoms with van der Waals surface area (Å²) in [5.74, 6) is -0.544. The Balaban J connectivity index is 3.10. The molecule has 0 aliphatic heterocycles. The molecule has 0 N–H and O–H groups in total. The summed E-state index contributed by atoms with van der Waals surface area (Å²) in [6.45, 7) is 6.92. The van der Waals surface area contributed by atoms with Crippen LogP contribution in [0, 0.1) is 6.92 Å². The summed E-state index contributed by atoms with van der Waals surface area (Å²) in [6.07, 6.45) is 0. The molecular weight excluding hydrogens is 278 g/mol. The van der Waals surface area contributed by atoms with Crippen molar-refractivity contribution in [1.29, 1.82) is 0 Å². The third-order valence-electron chi connectivity index (χ3n) is 2.76. The Hall–Kier alpha value is -1.40. The molecule has 0 aliphatic rings. The molecule has 1 aromatic carbocycles. The highest BCUT2D eigenvalue weighted by Crippen LogP contribution is 2.19. The second-order valence-electron chi connectivity index (χ2n) is 4.77. The van der Waals surface area contributed by atoms with Crippen LogP contribution in [0.25, 0.3) is 0 Å². The topological polar surface area (TPSA) is 63.7 Å². The Labute approximate surface area is 120 Å². The molecule has 1 aromatic rings. The van der Waals surface area contributed by atoms with Gasteiger partial charge < -0.3 is 4.74 Å². The number of sulfonamides is 1. The first kappa shape index (κ1) is 16.7. The van der Waals surface area contributed by atoms with E-state index in [1.54, 1.807) is 32.9 Å². The number of carbonyl (C=O) groups is 1. The van der Waals surface area contributed by atoms with Crippen LogP contribution in [0.2, 0.25) is 0 Å². The summed E-state index contributed by atoms with van der Waals surface area (Å²) >= 11 is 0. The molecule has 20 heavy (non-hydrogen) atoms. The van der Waals surface area contributed by atoms with Gasteiger partial charge >= 0.3 is 5.97 Å². The highest BCUT2D eigenvalue weighted by molar-refractivity contribution is 7.89. The van der Waals surface area contributed by atoms with Gasteiger partial charge in [-0.05, 0) is 45.4 Å². The molecule has 0 saturated heterocycles. The predicted molar refractivity (Wildman–Crippen MR) is 76.8 cm³/mol. The zero-order valence-corrected chi connectivity index (χ0v) is 13.1. The Morgan fingerprint density at radius 2 is 2.00 bits per heavy atom. The molecule has 1 rings (SSSR count). The number of hydrogen-bond acceptors (Lipinski definition) is 4. The van der Waals surface area contributed by atoms with Gasteiger partial charge in [0.05, 0.1) is 11.5 Å². The van der Waals surface area contributed by atoms with Crippen LogP contribution >= 0.6 is 0 Å². The maximum atomic E-state index is 12.6. The molecule has 112 valence electrons. The van der Waals surface area contributed by atoms with Gasteiger partial charge in [0.15, 0.2) is 0 Å². The summed E-state index contributed by atoms with van der Waals surface area (Å²) in [5.41, 5.74) is 0.853. The van der Waals surface area contributed by atoms with E-state index in [2.05, 4.69) is 0 Å². The first-order chi connectivity index (χ1) is 9.28. The molecule has 0 heterocycles. The Bertz CT molecular complexity index is 566. The van der Waals surface area contributed by atoms with Crippen LogP contribution in [-0.2, 0) is 19.6 Å². The lowest BCUT2D eigenvalue weighted by molar-refractivity contribution is -0.143. The van der Waals surface area contributed by atoms with Gasteiger partial charge in [0, 0.05) is 6.04 Å². The average molecular weight is 299 g/mol. The minimum absolute atomic E-state index is 0.190. The van der Waals surface area contributed by atoms with E-state index < -0.39 is 16.0 Å². The van der Waals surface area contributed by atoms with E-state index in [4.69, 9.17) is 4.74 Å². The van der Waals surface area contributed by atoms with Crippen molar-refractivity contribution in [2.45, 2.75) is 38.6 Å². The first-order valence-corrected chi connectivity index (χ1v) is 7.97. The van der Waals surface area contributed by atoms with Crippen LogP contribution in [-0.4, -0.2) is 37.9 Å². The lowest BCUT2D eigenvalue weighted by atomic mass is 10.2. The molecule has 0 fully saturated rings. The van der Waals surface area contributed by atoms with Crippen molar-refractivity contribution in [2.24, 2.45) is 0 Å². The second-order valence-corrected chi connectivity index (χ2v) is 6.66. The quantitative estimate of drug-likeness (QED) is 0.753. The molecule has 0 spiro atoms. The molecular formula is C14H21NO4S. The molecule has 0 radical (unpaired) electrons. The summed E-state index contributed by atoms with van der Waals surface area (Å²) in [5, 5.41) is 0. The predicted octanol–water partition coefficient (Wildman–Crippen LogP) is 1.96. The average Bonchev–Trinajstić information content (AvgIpc) is 2.35. The minimum Gasteiger partial charge on any atom is -0.465 e.